The fourth-order valence-electron chi connectivity index (χ4n) is 3.05. The van der Waals surface area contributed by atoms with Crippen LogP contribution in [-0.4, -0.2) is 70.6 Å². The molecule has 0 saturated carbocycles. The molecule has 0 N–H and O–H groups in total. The second-order valence-electron chi connectivity index (χ2n) is 6.10. The first kappa shape index (κ1) is 16.1. The van der Waals surface area contributed by atoms with Gasteiger partial charge in [-0.2, -0.15) is 9.61 Å². The largest absolute Gasteiger partial charge is 0.380 e. The molecule has 126 valence electrons. The molecular formula is C16H26N6O. The van der Waals surface area contributed by atoms with E-state index in [0.717, 1.165) is 63.7 Å². The van der Waals surface area contributed by atoms with Crippen molar-refractivity contribution in [3.8, 4) is 0 Å². The van der Waals surface area contributed by atoms with Gasteiger partial charge in [0, 0.05) is 39.3 Å². The number of aromatic nitrogens is 4. The Bertz CT molecular complexity index is 647. The summed E-state index contributed by atoms with van der Waals surface area (Å²) in [6.07, 6.45) is 2.76. The lowest BCUT2D eigenvalue weighted by Gasteiger charge is -2.36. The van der Waals surface area contributed by atoms with Crippen molar-refractivity contribution >= 4 is 11.3 Å². The van der Waals surface area contributed by atoms with E-state index in [1.807, 2.05) is 6.92 Å². The van der Waals surface area contributed by atoms with Gasteiger partial charge in [-0.05, 0) is 25.8 Å². The van der Waals surface area contributed by atoms with Gasteiger partial charge in [0.15, 0.2) is 0 Å². The van der Waals surface area contributed by atoms with E-state index >= 15 is 0 Å². The maximum atomic E-state index is 5.59. The highest BCUT2D eigenvalue weighted by Gasteiger charge is 2.22. The number of piperazine rings is 1. The van der Waals surface area contributed by atoms with E-state index in [0.29, 0.717) is 0 Å². The van der Waals surface area contributed by atoms with Crippen LogP contribution >= 0.6 is 0 Å². The average Bonchev–Trinajstić information content (AvgIpc) is 3.01. The Labute approximate surface area is 137 Å². The first-order chi connectivity index (χ1) is 11.2. The molecule has 2 aromatic rings. The van der Waals surface area contributed by atoms with Gasteiger partial charge < -0.3 is 9.64 Å². The second kappa shape index (κ2) is 7.23. The molecule has 1 aliphatic heterocycles. The molecule has 1 fully saturated rings. The first-order valence-corrected chi connectivity index (χ1v) is 8.43. The minimum absolute atomic E-state index is 0.829. The van der Waals surface area contributed by atoms with Gasteiger partial charge in [-0.3, -0.25) is 4.90 Å². The monoisotopic (exact) mass is 318 g/mol. The fraction of sp³-hybridized carbons (Fsp3) is 0.688. The van der Waals surface area contributed by atoms with Gasteiger partial charge in [0.2, 0.25) is 5.65 Å². The molecule has 1 aliphatic rings. The molecule has 0 spiro atoms. The van der Waals surface area contributed by atoms with Gasteiger partial charge in [0.25, 0.3) is 0 Å². The predicted octanol–water partition coefficient (Wildman–Crippen LogP) is 1.29. The van der Waals surface area contributed by atoms with Crippen molar-refractivity contribution in [1.29, 1.82) is 0 Å². The van der Waals surface area contributed by atoms with Crippen LogP contribution in [0.5, 0.6) is 0 Å². The topological polar surface area (TPSA) is 58.8 Å². The van der Waals surface area contributed by atoms with E-state index in [1.54, 1.807) is 10.8 Å². The van der Waals surface area contributed by atoms with Crippen LogP contribution in [0.25, 0.3) is 5.65 Å². The molecule has 1 saturated heterocycles. The van der Waals surface area contributed by atoms with Crippen molar-refractivity contribution < 1.29 is 4.74 Å². The highest BCUT2D eigenvalue weighted by Crippen LogP contribution is 2.26. The molecule has 0 unspecified atom stereocenters. The summed E-state index contributed by atoms with van der Waals surface area (Å²) in [4.78, 5) is 4.88. The summed E-state index contributed by atoms with van der Waals surface area (Å²) < 4.78 is 7.37. The maximum Gasteiger partial charge on any atom is 0.201 e. The number of anilines is 1. The van der Waals surface area contributed by atoms with E-state index in [-0.39, 0.29) is 0 Å². The van der Waals surface area contributed by atoms with E-state index in [2.05, 4.69) is 38.9 Å². The second-order valence-corrected chi connectivity index (χ2v) is 6.10. The smallest absolute Gasteiger partial charge is 0.201 e. The Hall–Kier alpha value is -1.73. The number of ether oxygens (including phenoxy) is 1. The normalized spacial score (nSPS) is 16.4. The Kier molecular flexibility index (Phi) is 5.07. The molecule has 0 bridgehead atoms. The minimum Gasteiger partial charge on any atom is -0.380 e. The molecule has 0 amide bonds. The van der Waals surface area contributed by atoms with Gasteiger partial charge >= 0.3 is 0 Å². The van der Waals surface area contributed by atoms with Gasteiger partial charge in [-0.1, -0.05) is 6.92 Å². The number of aryl methyl sites for hydroxylation is 1. The lowest BCUT2D eigenvalue weighted by atomic mass is 10.1. The number of fused-ring (bicyclic) bond motifs is 1. The first-order valence-electron chi connectivity index (χ1n) is 8.43. The van der Waals surface area contributed by atoms with Crippen LogP contribution in [0.4, 0.5) is 5.69 Å². The standard InChI is InChI=1S/C16H26N6O/c1-4-10-23-11-9-20-5-7-21(8-6-20)15-13(2)14(3)19-22-12-17-18-16(15)22/h12H,4-11H2,1-3H3. The van der Waals surface area contributed by atoms with Gasteiger partial charge in [-0.25, -0.2) is 0 Å². The summed E-state index contributed by atoms with van der Waals surface area (Å²) in [6, 6.07) is 0. The van der Waals surface area contributed by atoms with Crippen molar-refractivity contribution in [2.45, 2.75) is 27.2 Å². The van der Waals surface area contributed by atoms with Crippen molar-refractivity contribution in [1.82, 2.24) is 24.7 Å². The molecule has 0 aromatic carbocycles. The van der Waals surface area contributed by atoms with E-state index in [9.17, 15) is 0 Å². The predicted molar refractivity (Wildman–Crippen MR) is 90.0 cm³/mol. The Balaban J connectivity index is 1.66. The Morgan fingerprint density at radius 3 is 2.65 bits per heavy atom. The lowest BCUT2D eigenvalue weighted by Crippen LogP contribution is -2.47. The highest BCUT2D eigenvalue weighted by atomic mass is 16.5. The van der Waals surface area contributed by atoms with Crippen LogP contribution < -0.4 is 4.90 Å². The van der Waals surface area contributed by atoms with Crippen LogP contribution in [0.15, 0.2) is 6.33 Å². The summed E-state index contributed by atoms with van der Waals surface area (Å²) in [5, 5.41) is 12.8. The summed E-state index contributed by atoms with van der Waals surface area (Å²) >= 11 is 0. The number of hydrogen-bond acceptors (Lipinski definition) is 6. The fourth-order valence-corrected chi connectivity index (χ4v) is 3.05. The molecule has 7 heteroatoms. The lowest BCUT2D eigenvalue weighted by molar-refractivity contribution is 0.102. The number of nitrogens with zero attached hydrogens (tertiary/aromatic N) is 6. The highest BCUT2D eigenvalue weighted by molar-refractivity contribution is 5.72. The minimum atomic E-state index is 0.829. The van der Waals surface area contributed by atoms with Crippen molar-refractivity contribution in [3.05, 3.63) is 17.6 Å². The number of rotatable bonds is 6. The summed E-state index contributed by atoms with van der Waals surface area (Å²) in [5.41, 5.74) is 4.26. The molecule has 3 heterocycles. The maximum absolute atomic E-state index is 5.59. The third-order valence-corrected chi connectivity index (χ3v) is 4.49. The van der Waals surface area contributed by atoms with Crippen LogP contribution in [0.1, 0.15) is 24.6 Å². The molecule has 3 rings (SSSR count). The van der Waals surface area contributed by atoms with Crippen molar-refractivity contribution in [2.24, 2.45) is 0 Å². The molecule has 0 atom stereocenters. The molecule has 23 heavy (non-hydrogen) atoms. The molecular weight excluding hydrogens is 292 g/mol. The van der Waals surface area contributed by atoms with E-state index in [4.69, 9.17) is 4.74 Å². The van der Waals surface area contributed by atoms with Crippen molar-refractivity contribution in [2.75, 3.05) is 50.8 Å². The Morgan fingerprint density at radius 1 is 1.13 bits per heavy atom. The van der Waals surface area contributed by atoms with Gasteiger partial charge in [0.1, 0.15) is 6.33 Å². The van der Waals surface area contributed by atoms with Crippen LogP contribution in [0.2, 0.25) is 0 Å². The van der Waals surface area contributed by atoms with Crippen molar-refractivity contribution in [3.63, 3.8) is 0 Å². The zero-order chi connectivity index (χ0) is 16.2. The number of hydrogen-bond donors (Lipinski definition) is 0. The molecule has 7 nitrogen and oxygen atoms in total. The van der Waals surface area contributed by atoms with E-state index in [1.165, 1.54) is 11.3 Å². The summed E-state index contributed by atoms with van der Waals surface area (Å²) in [6.45, 7) is 13.1. The SMILES string of the molecule is CCCOCCN1CCN(c2c(C)c(C)nn3cnnc23)CC1. The van der Waals surface area contributed by atoms with Crippen LogP contribution in [0, 0.1) is 13.8 Å². The van der Waals surface area contributed by atoms with Gasteiger partial charge in [-0.15, -0.1) is 10.2 Å². The third kappa shape index (κ3) is 3.45. The van der Waals surface area contributed by atoms with E-state index < -0.39 is 0 Å². The molecule has 2 aromatic heterocycles. The quantitative estimate of drug-likeness (QED) is 0.748. The van der Waals surface area contributed by atoms with Gasteiger partial charge in [0.05, 0.1) is 18.0 Å². The average molecular weight is 318 g/mol. The Morgan fingerprint density at radius 2 is 1.91 bits per heavy atom. The molecule has 0 radical (unpaired) electrons. The van der Waals surface area contributed by atoms with Crippen LogP contribution in [-0.2, 0) is 4.74 Å². The van der Waals surface area contributed by atoms with Crippen LogP contribution in [0.3, 0.4) is 0 Å². The zero-order valence-electron chi connectivity index (χ0n) is 14.3. The summed E-state index contributed by atoms with van der Waals surface area (Å²) in [7, 11) is 0. The molecule has 0 aliphatic carbocycles. The zero-order valence-corrected chi connectivity index (χ0v) is 14.3. The third-order valence-electron chi connectivity index (χ3n) is 4.49. The summed E-state index contributed by atoms with van der Waals surface area (Å²) in [5.74, 6) is 0.